The van der Waals surface area contributed by atoms with E-state index < -0.39 is 0 Å². The molecule has 0 fully saturated rings. The fourth-order valence-corrected chi connectivity index (χ4v) is 12.5. The van der Waals surface area contributed by atoms with Gasteiger partial charge in [-0.1, -0.05) is 121 Å². The summed E-state index contributed by atoms with van der Waals surface area (Å²) in [6.07, 6.45) is 24.1. The van der Waals surface area contributed by atoms with Gasteiger partial charge in [-0.25, -0.2) is 19.9 Å². The summed E-state index contributed by atoms with van der Waals surface area (Å²) >= 11 is 7.40. The van der Waals surface area contributed by atoms with Crippen LogP contribution in [0.4, 0.5) is 0 Å². The van der Waals surface area contributed by atoms with E-state index in [0.717, 1.165) is 69.3 Å². The molecule has 527 valence electrons. The van der Waals surface area contributed by atoms with E-state index in [1.165, 1.54) is 43.8 Å². The second-order valence-electron chi connectivity index (χ2n) is 23.1. The van der Waals surface area contributed by atoms with Crippen LogP contribution in [0.15, 0.2) is 220 Å². The number of nitrogens with zero attached hydrogens (tertiary/aromatic N) is 16. The molecule has 4 aliphatic heterocycles. The quantitative estimate of drug-likeness (QED) is 0.0493. The fraction of sp³-hybridized carbons (Fsp3) is 0.179. The smallest absolute Gasteiger partial charge is 0.753 e. The third-order valence-corrected chi connectivity index (χ3v) is 16.9. The van der Waals surface area contributed by atoms with Crippen LogP contribution in [0, 0.1) is 22.7 Å². The molecular weight excluding hydrogens is 1410 g/mol. The summed E-state index contributed by atoms with van der Waals surface area (Å²) in [7, 11) is 0. The third-order valence-electron chi connectivity index (χ3n) is 16.9. The molecule has 8 aromatic carbocycles. The maximum absolute atomic E-state index is 12.7. The molecule has 0 spiro atoms. The topological polar surface area (TPSA) is 313 Å². The minimum absolute atomic E-state index is 0. The zero-order chi connectivity index (χ0) is 74.1. The van der Waals surface area contributed by atoms with Crippen LogP contribution >= 0.6 is 24.4 Å². The van der Waals surface area contributed by atoms with Gasteiger partial charge in [0.1, 0.15) is 0 Å². The van der Waals surface area contributed by atoms with E-state index in [1.54, 1.807) is 111 Å². The molecule has 0 N–H and O–H groups in total. The largest absolute Gasteiger partial charge is 2.00 e. The van der Waals surface area contributed by atoms with Crippen molar-refractivity contribution in [3.63, 3.8) is 0 Å². The monoisotopic (exact) mass is 1480 g/mol. The number of carbonyl (C=O) groups is 8. The number of rotatable bonds is 16. The second-order valence-corrected chi connectivity index (χ2v) is 23.5. The number of imidazole rings is 4. The number of thiocarbonyl (C=S) groups is 2. The van der Waals surface area contributed by atoms with Crippen LogP contribution in [0.3, 0.4) is 0 Å². The summed E-state index contributed by atoms with van der Waals surface area (Å²) in [4.78, 5) is 123. The van der Waals surface area contributed by atoms with Gasteiger partial charge in [0.05, 0.1) is 37.4 Å². The predicted octanol–water partition coefficient (Wildman–Crippen LogP) is 13.3. The van der Waals surface area contributed by atoms with Gasteiger partial charge in [-0.05, 0) is 95.8 Å². The summed E-state index contributed by atoms with van der Waals surface area (Å²) in [5.74, 6) is -1.63. The first-order valence-electron chi connectivity index (χ1n) is 32.7. The molecule has 4 aliphatic rings. The predicted molar refractivity (Wildman–Crippen MR) is 399 cm³/mol. The Morgan fingerprint density at radius 3 is 0.600 bits per heavy atom. The first-order valence-corrected chi connectivity index (χ1v) is 33.5. The number of isothiocyanates is 2. The Hall–Kier alpha value is -12.7. The van der Waals surface area contributed by atoms with Crippen molar-refractivity contribution < 1.29 is 55.1 Å². The van der Waals surface area contributed by atoms with E-state index in [1.807, 2.05) is 140 Å². The zero-order valence-electron chi connectivity index (χ0n) is 56.8. The van der Waals surface area contributed by atoms with Crippen LogP contribution in [0.5, 0.6) is 0 Å². The number of carbonyl (C=O) groups excluding carboxylic acids is 8. The number of imide groups is 4. The van der Waals surface area contributed by atoms with Crippen LogP contribution in [0.25, 0.3) is 53.9 Å². The maximum atomic E-state index is 12.7. The molecule has 8 heterocycles. The summed E-state index contributed by atoms with van der Waals surface area (Å²) in [5.41, 5.74) is 4.89. The van der Waals surface area contributed by atoms with Crippen LogP contribution < -0.4 is 0 Å². The number of benzene rings is 8. The molecular formula is C78H66CoN16O8S2. The second kappa shape index (κ2) is 38.4. The van der Waals surface area contributed by atoms with Crippen molar-refractivity contribution in [2.75, 3.05) is 26.2 Å². The Bertz CT molecular complexity index is 4440. The average molecular weight is 1480 g/mol. The Morgan fingerprint density at radius 2 is 0.467 bits per heavy atom. The van der Waals surface area contributed by atoms with Gasteiger partial charge in [-0.3, -0.25) is 58.0 Å². The first-order chi connectivity index (χ1) is 50.7. The number of aryl methyl sites for hydroxylation is 4. The van der Waals surface area contributed by atoms with E-state index in [4.69, 9.17) is 21.3 Å². The van der Waals surface area contributed by atoms with Gasteiger partial charge < -0.3 is 29.1 Å². The van der Waals surface area contributed by atoms with Gasteiger partial charge in [0.2, 0.25) is 0 Å². The van der Waals surface area contributed by atoms with E-state index in [9.17, 15) is 38.4 Å². The first kappa shape index (κ1) is 78.0. The van der Waals surface area contributed by atoms with E-state index in [2.05, 4.69) is 44.4 Å². The summed E-state index contributed by atoms with van der Waals surface area (Å²) < 4.78 is 7.75. The number of nitriles is 2. The molecule has 1 radical (unpaired) electrons. The van der Waals surface area contributed by atoms with Gasteiger partial charge in [0.15, 0.2) is 0 Å². The van der Waals surface area contributed by atoms with Crippen molar-refractivity contribution in [1.82, 2.24) is 57.8 Å². The normalized spacial score (nSPS) is 12.4. The molecule has 4 aromatic heterocycles. The number of aromatic nitrogens is 8. The molecule has 105 heavy (non-hydrogen) atoms. The molecule has 12 aromatic rings. The molecule has 0 atom stereocenters. The Balaban J connectivity index is 0.000000168. The zero-order valence-corrected chi connectivity index (χ0v) is 59.5. The van der Waals surface area contributed by atoms with Crippen molar-refractivity contribution in [1.29, 1.82) is 10.5 Å². The molecule has 8 amide bonds. The molecule has 0 unspecified atom stereocenters. The van der Waals surface area contributed by atoms with Gasteiger partial charge in [-0.2, -0.15) is 20.8 Å². The fourth-order valence-electron chi connectivity index (χ4n) is 12.5. The van der Waals surface area contributed by atoms with Gasteiger partial charge in [0.25, 0.3) is 47.3 Å². The Labute approximate surface area is 624 Å². The molecule has 0 saturated heterocycles. The molecule has 0 bridgehead atoms. The van der Waals surface area contributed by atoms with Crippen molar-refractivity contribution in [2.45, 2.75) is 65.7 Å². The van der Waals surface area contributed by atoms with Crippen LogP contribution in [0.2, 0.25) is 0 Å². The molecule has 0 saturated carbocycles. The SMILES string of the molecule is CC#N.CC#N.O=C1c2cccc3cccc(c23)C(=O)N1CCCn1ccnc1.O=C1c2cccc3cccc(c23)C(=O)N1CCCn1ccnc1.O=C1c2cccc3cccc(c23)C(=O)N1CCCn1ccnc1.O=C1c2cccc3cccc(c23)C(=O)N1CCCn1ccnc1.[Co+2].[N-]=C=S.[N-]=C=S. The minimum atomic E-state index is -0.204. The summed E-state index contributed by atoms with van der Waals surface area (Å²) in [6, 6.07) is 48.2. The Kier molecular flexibility index (Phi) is 28.5. The van der Waals surface area contributed by atoms with E-state index in [0.29, 0.717) is 96.4 Å². The van der Waals surface area contributed by atoms with Crippen LogP contribution in [-0.2, 0) is 43.0 Å². The van der Waals surface area contributed by atoms with Gasteiger partial charge in [0, 0.05) is 182 Å². The number of amides is 8. The van der Waals surface area contributed by atoms with Crippen molar-refractivity contribution in [3.8, 4) is 12.1 Å². The van der Waals surface area contributed by atoms with Crippen molar-refractivity contribution in [2.24, 2.45) is 0 Å². The van der Waals surface area contributed by atoms with Gasteiger partial charge >= 0.3 is 16.8 Å². The summed E-state index contributed by atoms with van der Waals surface area (Å²) in [5, 5.41) is 38.4. The Morgan fingerprint density at radius 1 is 0.314 bits per heavy atom. The van der Waals surface area contributed by atoms with Crippen molar-refractivity contribution >= 4 is 125 Å². The van der Waals surface area contributed by atoms with Crippen LogP contribution in [-0.4, -0.2) is 142 Å². The number of hydrogen-bond donors (Lipinski definition) is 0. The summed E-state index contributed by atoms with van der Waals surface area (Å²) in [6.45, 7) is 7.37. The van der Waals surface area contributed by atoms with E-state index in [-0.39, 0.29) is 64.0 Å². The van der Waals surface area contributed by atoms with E-state index >= 15 is 0 Å². The molecule has 16 rings (SSSR count). The van der Waals surface area contributed by atoms with Crippen LogP contribution in [0.1, 0.15) is 122 Å². The third kappa shape index (κ3) is 18.3. The average Bonchev–Trinajstić information content (AvgIpc) is 1.75. The maximum Gasteiger partial charge on any atom is 2.00 e. The molecule has 27 heteroatoms. The molecule has 0 aliphatic carbocycles. The standard InChI is InChI=1S/4C18H15N3O2.2C2H3N.2CNS.Co/c4*22-17-14-6-1-4-13-5-2-7-15(16(13)14)18(23)21(17)10-3-9-20-11-8-19-12-20;2*1-2-3;2*2-1-3;/h4*1-2,4-8,11-12H,3,9-10H2;2*1H3;;;/q;;;;;;2*-1;+2. The minimum Gasteiger partial charge on any atom is -0.753 e. The number of hydrogen-bond acceptors (Lipinski definition) is 16. The van der Waals surface area contributed by atoms with Gasteiger partial charge in [-0.15, -0.1) is 0 Å². The van der Waals surface area contributed by atoms with Crippen molar-refractivity contribution in [3.05, 3.63) is 276 Å². The molecule has 24 nitrogen and oxygen atoms in total.